The molecule has 4 rings (SSSR count). The molecule has 0 spiro atoms. The first-order valence-electron chi connectivity index (χ1n) is 13.2. The Hall–Kier alpha value is -4.73. The summed E-state index contributed by atoms with van der Waals surface area (Å²) in [4.78, 5) is 21.9. The number of rotatable bonds is 13. The number of azide groups is 1. The first-order valence-corrected chi connectivity index (χ1v) is 13.2. The van der Waals surface area contributed by atoms with Gasteiger partial charge in [-0.25, -0.2) is 4.99 Å². The van der Waals surface area contributed by atoms with Crippen LogP contribution < -0.4 is 19.5 Å². The fourth-order valence-electron chi connectivity index (χ4n) is 4.66. The van der Waals surface area contributed by atoms with Crippen LogP contribution in [-0.2, 0) is 22.5 Å². The molecule has 0 aromatic heterocycles. The molecule has 41 heavy (non-hydrogen) atoms. The van der Waals surface area contributed by atoms with Crippen LogP contribution in [-0.4, -0.2) is 56.0 Å². The van der Waals surface area contributed by atoms with Gasteiger partial charge in [0.05, 0.1) is 20.8 Å². The average molecular weight is 560 g/mol. The summed E-state index contributed by atoms with van der Waals surface area (Å²) in [5.41, 5.74) is 10.2. The molecule has 214 valence electrons. The zero-order valence-corrected chi connectivity index (χ0v) is 23.2. The van der Waals surface area contributed by atoms with Crippen LogP contribution in [0.2, 0.25) is 0 Å². The predicted octanol–water partition coefficient (Wildman–Crippen LogP) is 4.87. The van der Waals surface area contributed by atoms with E-state index in [9.17, 15) is 4.79 Å². The molecule has 0 saturated heterocycles. The lowest BCUT2D eigenvalue weighted by Gasteiger charge is -2.29. The van der Waals surface area contributed by atoms with E-state index in [1.165, 1.54) is 0 Å². The van der Waals surface area contributed by atoms with Crippen molar-refractivity contribution >= 4 is 17.5 Å². The highest BCUT2D eigenvalue weighted by molar-refractivity contribution is 6.01. The molecule has 1 aliphatic heterocycles. The summed E-state index contributed by atoms with van der Waals surface area (Å²) in [7, 11) is 3.10. The molecule has 0 aliphatic carbocycles. The van der Waals surface area contributed by atoms with E-state index in [1.54, 1.807) is 51.5 Å². The van der Waals surface area contributed by atoms with Gasteiger partial charge in [-0.15, -0.1) is 0 Å². The van der Waals surface area contributed by atoms with Gasteiger partial charge in [0.15, 0.2) is 17.0 Å². The lowest BCUT2D eigenvalue weighted by atomic mass is 9.85. The number of aliphatic hydroxyl groups excluding tert-OH is 1. The molecule has 2 N–H and O–H groups in total. The molecular weight excluding hydrogens is 526 g/mol. The molecule has 1 amide bonds. The molecule has 0 saturated carbocycles. The Kier molecular flexibility index (Phi) is 9.68. The quantitative estimate of drug-likeness (QED) is 0.132. The van der Waals surface area contributed by atoms with Crippen molar-refractivity contribution in [1.29, 1.82) is 0 Å². The van der Waals surface area contributed by atoms with Crippen molar-refractivity contribution in [3.8, 4) is 17.2 Å². The standard InChI is InChI=1S/C30H33N5O6/c1-20-30(18-22-8-4-5-10-25(22)34-35-31,29(37)32-19-23-9-6-11-26(38-2)27(23)39-3)33-28(41-20)21-12-14-24(15-13-21)40-17-7-16-36/h4-6,8-15,20,36H,7,16-19H2,1-3H3,(H,32,37)/t20-,30-/m1/s1. The second kappa shape index (κ2) is 13.6. The van der Waals surface area contributed by atoms with E-state index in [-0.39, 0.29) is 25.5 Å². The van der Waals surface area contributed by atoms with Crippen LogP contribution in [0.3, 0.4) is 0 Å². The van der Waals surface area contributed by atoms with Crippen LogP contribution in [0.15, 0.2) is 76.8 Å². The van der Waals surface area contributed by atoms with E-state index in [0.29, 0.717) is 53.0 Å². The highest BCUT2D eigenvalue weighted by Gasteiger charge is 2.50. The minimum Gasteiger partial charge on any atom is -0.494 e. The zero-order chi connectivity index (χ0) is 29.2. The van der Waals surface area contributed by atoms with Gasteiger partial charge in [0.25, 0.3) is 5.91 Å². The smallest absolute Gasteiger partial charge is 0.252 e. The van der Waals surface area contributed by atoms with Crippen molar-refractivity contribution in [3.05, 3.63) is 93.9 Å². The summed E-state index contributed by atoms with van der Waals surface area (Å²) in [6.07, 6.45) is 0.0198. The highest BCUT2D eigenvalue weighted by Crippen LogP contribution is 2.36. The van der Waals surface area contributed by atoms with Crippen LogP contribution in [0.4, 0.5) is 5.69 Å². The first-order chi connectivity index (χ1) is 19.9. The number of para-hydroxylation sites is 1. The first kappa shape index (κ1) is 29.3. The number of aliphatic hydroxyl groups is 1. The minimum atomic E-state index is -1.36. The third-order valence-electron chi connectivity index (χ3n) is 6.86. The van der Waals surface area contributed by atoms with Crippen molar-refractivity contribution in [2.75, 3.05) is 27.4 Å². The van der Waals surface area contributed by atoms with Crippen LogP contribution in [0.1, 0.15) is 30.0 Å². The molecule has 1 heterocycles. The van der Waals surface area contributed by atoms with Gasteiger partial charge in [0.2, 0.25) is 5.90 Å². The van der Waals surface area contributed by atoms with E-state index in [4.69, 9.17) is 34.6 Å². The van der Waals surface area contributed by atoms with Gasteiger partial charge in [-0.2, -0.15) is 0 Å². The third kappa shape index (κ3) is 6.54. The van der Waals surface area contributed by atoms with Gasteiger partial charge >= 0.3 is 0 Å². The summed E-state index contributed by atoms with van der Waals surface area (Å²) in [5, 5.41) is 15.8. The minimum absolute atomic E-state index is 0.0537. The summed E-state index contributed by atoms with van der Waals surface area (Å²) >= 11 is 0. The van der Waals surface area contributed by atoms with Gasteiger partial charge < -0.3 is 29.4 Å². The average Bonchev–Trinajstić information content (AvgIpc) is 3.33. The number of carbonyl (C=O) groups is 1. The van der Waals surface area contributed by atoms with Gasteiger partial charge in [-0.3, -0.25) is 4.79 Å². The Morgan fingerprint density at radius 3 is 2.56 bits per heavy atom. The maximum absolute atomic E-state index is 14.0. The maximum atomic E-state index is 14.0. The second-order valence-corrected chi connectivity index (χ2v) is 9.38. The van der Waals surface area contributed by atoms with E-state index in [0.717, 1.165) is 5.56 Å². The number of nitrogens with zero attached hydrogens (tertiary/aromatic N) is 4. The topological polar surface area (TPSA) is 147 Å². The molecule has 3 aromatic carbocycles. The number of hydrogen-bond donors (Lipinski definition) is 2. The van der Waals surface area contributed by atoms with Crippen molar-refractivity contribution in [2.24, 2.45) is 10.1 Å². The number of carbonyl (C=O) groups excluding carboxylic acids is 1. The lowest BCUT2D eigenvalue weighted by molar-refractivity contribution is -0.128. The van der Waals surface area contributed by atoms with E-state index >= 15 is 0 Å². The summed E-state index contributed by atoms with van der Waals surface area (Å²) in [6, 6.07) is 19.7. The van der Waals surface area contributed by atoms with E-state index < -0.39 is 11.6 Å². The maximum Gasteiger partial charge on any atom is 0.252 e. The van der Waals surface area contributed by atoms with Crippen molar-refractivity contribution < 1.29 is 28.8 Å². The monoisotopic (exact) mass is 559 g/mol. The van der Waals surface area contributed by atoms with Crippen molar-refractivity contribution in [3.63, 3.8) is 0 Å². The summed E-state index contributed by atoms with van der Waals surface area (Å²) < 4.78 is 22.7. The van der Waals surface area contributed by atoms with Gasteiger partial charge in [-0.1, -0.05) is 41.5 Å². The normalized spacial score (nSPS) is 17.6. The molecular formula is C30H33N5O6. The number of aliphatic imine (C=N–C) groups is 1. The highest BCUT2D eigenvalue weighted by atomic mass is 16.5. The van der Waals surface area contributed by atoms with Crippen LogP contribution in [0.25, 0.3) is 10.4 Å². The summed E-state index contributed by atoms with van der Waals surface area (Å²) in [6.45, 7) is 2.41. The molecule has 0 radical (unpaired) electrons. The van der Waals surface area contributed by atoms with Crippen LogP contribution in [0, 0.1) is 0 Å². The molecule has 0 fully saturated rings. The number of methoxy groups -OCH3 is 2. The number of ether oxygens (including phenoxy) is 4. The van der Waals surface area contributed by atoms with Gasteiger partial charge in [0.1, 0.15) is 11.9 Å². The fraction of sp³-hybridized carbons (Fsp3) is 0.333. The molecule has 11 heteroatoms. The molecule has 0 unspecified atom stereocenters. The number of amides is 1. The Morgan fingerprint density at radius 1 is 1.10 bits per heavy atom. The molecule has 2 atom stereocenters. The lowest BCUT2D eigenvalue weighted by Crippen LogP contribution is -2.52. The van der Waals surface area contributed by atoms with Crippen molar-refractivity contribution in [1.82, 2.24) is 5.32 Å². The second-order valence-electron chi connectivity index (χ2n) is 9.38. The summed E-state index contributed by atoms with van der Waals surface area (Å²) in [5.74, 6) is 1.69. The largest absolute Gasteiger partial charge is 0.494 e. The zero-order valence-electron chi connectivity index (χ0n) is 23.2. The van der Waals surface area contributed by atoms with Crippen LogP contribution in [0.5, 0.6) is 17.2 Å². The molecule has 1 aliphatic rings. The van der Waals surface area contributed by atoms with Gasteiger partial charge in [0, 0.05) is 47.7 Å². The Bertz CT molecular complexity index is 1440. The number of benzene rings is 3. The van der Waals surface area contributed by atoms with Gasteiger partial charge in [-0.05, 0) is 48.4 Å². The van der Waals surface area contributed by atoms with Crippen molar-refractivity contribution in [2.45, 2.75) is 38.0 Å². The number of nitrogens with one attached hydrogen (secondary N) is 1. The van der Waals surface area contributed by atoms with E-state index in [1.807, 2.05) is 36.4 Å². The van der Waals surface area contributed by atoms with E-state index in [2.05, 4.69) is 15.3 Å². The Labute approximate surface area is 238 Å². The fourth-order valence-corrected chi connectivity index (χ4v) is 4.66. The SMILES string of the molecule is COc1cccc(CNC(=O)[C@]2(Cc3ccccc3N=[N+]=[N-])N=C(c3ccc(OCCCO)cc3)O[C@@H]2C)c1OC. The Morgan fingerprint density at radius 2 is 1.85 bits per heavy atom. The van der Waals surface area contributed by atoms with Crippen LogP contribution >= 0.6 is 0 Å². The molecule has 11 nitrogen and oxygen atoms in total. The number of hydrogen-bond acceptors (Lipinski definition) is 8. The molecule has 0 bridgehead atoms. The Balaban J connectivity index is 1.68. The predicted molar refractivity (Wildman–Crippen MR) is 154 cm³/mol. The third-order valence-corrected chi connectivity index (χ3v) is 6.86. The molecule has 3 aromatic rings.